The second kappa shape index (κ2) is 12.9. The Morgan fingerprint density at radius 1 is 1.10 bits per heavy atom. The maximum Gasteiger partial charge on any atom is 0.120 e. The van der Waals surface area contributed by atoms with E-state index in [2.05, 4.69) is 6.07 Å². The van der Waals surface area contributed by atoms with Crippen LogP contribution in [0.2, 0.25) is 0 Å². The third kappa shape index (κ3) is 6.60. The predicted octanol–water partition coefficient (Wildman–Crippen LogP) is 1.44. The molecule has 6 nitrogen and oxygen atoms in total. The minimum absolute atomic E-state index is 0. The van der Waals surface area contributed by atoms with E-state index < -0.39 is 28.8 Å². The Kier molecular flexibility index (Phi) is 11.7. The molecule has 5 atom stereocenters. The Balaban J connectivity index is 0.00000106. The maximum atomic E-state index is 10.4. The van der Waals surface area contributed by atoms with E-state index in [0.29, 0.717) is 12.0 Å². The summed E-state index contributed by atoms with van der Waals surface area (Å²) in [5.74, 6) is 0.0319. The van der Waals surface area contributed by atoms with Crippen LogP contribution in [-0.4, -0.2) is 62.0 Å². The van der Waals surface area contributed by atoms with Crippen LogP contribution in [0, 0.1) is 13.0 Å². The third-order valence-corrected chi connectivity index (χ3v) is 6.47. The maximum absolute atomic E-state index is 10.4. The van der Waals surface area contributed by atoms with Gasteiger partial charge in [0.2, 0.25) is 0 Å². The van der Waals surface area contributed by atoms with Gasteiger partial charge in [-0.3, -0.25) is 6.29 Å². The number of rotatable bonds is 4. The molecule has 8 heteroatoms. The van der Waals surface area contributed by atoms with Crippen molar-refractivity contribution in [1.29, 1.82) is 0 Å². The summed E-state index contributed by atoms with van der Waals surface area (Å²) < 4.78 is 0. The molecule has 0 saturated carbocycles. The molecular formula is C22H26O6SY-2. The van der Waals surface area contributed by atoms with Gasteiger partial charge in [0.05, 0.1) is 29.3 Å². The van der Waals surface area contributed by atoms with Crippen molar-refractivity contribution in [3.8, 4) is 5.75 Å². The van der Waals surface area contributed by atoms with Crippen LogP contribution in [0.1, 0.15) is 34.4 Å². The zero-order valence-corrected chi connectivity index (χ0v) is 20.5. The normalized spacial score (nSPS) is 25.5. The molecule has 1 aliphatic rings. The summed E-state index contributed by atoms with van der Waals surface area (Å²) in [5.41, 5.74) is 3.52. The monoisotopic (exact) mass is 507 g/mol. The quantitative estimate of drug-likeness (QED) is 0.398. The number of aryl methyl sites for hydroxylation is 1. The molecule has 5 N–H and O–H groups in total. The topological polar surface area (TPSA) is 118 Å². The van der Waals surface area contributed by atoms with E-state index in [1.54, 1.807) is 6.07 Å². The van der Waals surface area contributed by atoms with Crippen molar-refractivity contribution in [2.24, 2.45) is 0 Å². The summed E-state index contributed by atoms with van der Waals surface area (Å²) >= 11 is 1.16. The molecule has 0 amide bonds. The van der Waals surface area contributed by atoms with E-state index in [1.165, 1.54) is 13.2 Å². The first-order valence-corrected chi connectivity index (χ1v) is 10.1. The zero-order valence-electron chi connectivity index (χ0n) is 16.9. The second-order valence-corrected chi connectivity index (χ2v) is 8.26. The summed E-state index contributed by atoms with van der Waals surface area (Å²) in [4.78, 5) is 8.68. The molecule has 3 rings (SSSR count). The smallest absolute Gasteiger partial charge is 0.120 e. The Hall–Kier alpha value is -0.796. The van der Waals surface area contributed by atoms with Gasteiger partial charge in [-0.2, -0.15) is 42.8 Å². The van der Waals surface area contributed by atoms with Crippen LogP contribution in [-0.2, 0) is 43.9 Å². The fraction of sp³-hybridized carbons (Fsp3) is 0.409. The van der Waals surface area contributed by atoms with Gasteiger partial charge in [-0.25, -0.2) is 0 Å². The van der Waals surface area contributed by atoms with Crippen molar-refractivity contribution in [2.75, 3.05) is 6.61 Å². The number of benzene rings is 2. The van der Waals surface area contributed by atoms with Crippen LogP contribution < -0.4 is 0 Å². The summed E-state index contributed by atoms with van der Waals surface area (Å²) in [6, 6.07) is 14.1. The van der Waals surface area contributed by atoms with Gasteiger partial charge < -0.3 is 30.3 Å². The Bertz CT molecular complexity index is 802. The first kappa shape index (κ1) is 27.2. The molecule has 0 unspecified atom stereocenters. The van der Waals surface area contributed by atoms with Gasteiger partial charge in [-0.15, -0.1) is 11.8 Å². The fourth-order valence-corrected chi connectivity index (χ4v) is 4.73. The van der Waals surface area contributed by atoms with E-state index in [0.717, 1.165) is 28.5 Å². The number of hydrogen-bond donors (Lipinski definition) is 5. The van der Waals surface area contributed by atoms with E-state index in [1.807, 2.05) is 37.3 Å². The molecule has 1 fully saturated rings. The molecular weight excluding hydrogens is 481 g/mol. The van der Waals surface area contributed by atoms with Crippen LogP contribution in [0.3, 0.4) is 0 Å². The minimum atomic E-state index is -1.38. The Labute approximate surface area is 206 Å². The number of hydrogen-bond acceptors (Lipinski definition) is 7. The summed E-state index contributed by atoms with van der Waals surface area (Å²) in [6.45, 7) is 2.90. The number of aliphatic hydroxyl groups excluding tert-OH is 4. The van der Waals surface area contributed by atoms with E-state index in [-0.39, 0.29) is 45.1 Å². The first-order valence-electron chi connectivity index (χ1n) is 9.20. The number of phenolic OH excluding ortho intramolecular Hbond substituents is 1. The Morgan fingerprint density at radius 2 is 1.70 bits per heavy atom. The van der Waals surface area contributed by atoms with Gasteiger partial charge >= 0.3 is 0 Å². The average Bonchev–Trinajstić information content (AvgIpc) is 2.70. The second-order valence-electron chi connectivity index (χ2n) is 6.88. The molecule has 2 aromatic carbocycles. The fourth-order valence-electron chi connectivity index (χ4n) is 3.29. The Morgan fingerprint density at radius 3 is 2.27 bits per heavy atom. The van der Waals surface area contributed by atoms with E-state index in [9.17, 15) is 25.5 Å². The molecule has 161 valence electrons. The third-order valence-electron chi connectivity index (χ3n) is 4.87. The molecule has 2 aromatic rings. The van der Waals surface area contributed by atoms with Gasteiger partial charge in [0.15, 0.2) is 0 Å². The van der Waals surface area contributed by atoms with Crippen molar-refractivity contribution < 1.29 is 63.0 Å². The average molecular weight is 507 g/mol. The van der Waals surface area contributed by atoms with Gasteiger partial charge in [0, 0.05) is 38.3 Å². The SMILES string of the molecule is C[C-]=O.Cc1cc(O)c([C@@H]2S[C@H](CO)[C@@H](O)[C@H](O)[C@H]2O)cc1Cc1cc[c-]cc1.[Y]. The standard InChI is InChI=1S/C20H23O5S.C2H3O.Y/c1-11-7-15(22)14(9-13(11)8-12-5-3-2-4-6-12)20-19(25)18(24)17(23)16(10-21)26-20;1-2-3;/h3-7,9,16-25H,8,10H2,1H3;1H3;/q2*-1;/t16-,17-,18+,19-,20+;;/m1../s1. The van der Waals surface area contributed by atoms with Crippen molar-refractivity contribution in [2.45, 2.75) is 49.1 Å². The van der Waals surface area contributed by atoms with E-state index >= 15 is 0 Å². The zero-order chi connectivity index (χ0) is 21.6. The summed E-state index contributed by atoms with van der Waals surface area (Å²) in [7, 11) is 0. The number of carbonyl (C=O) groups excluding carboxylic acids is 1. The number of aliphatic hydroxyl groups is 4. The van der Waals surface area contributed by atoms with Gasteiger partial charge in [0.25, 0.3) is 0 Å². The van der Waals surface area contributed by atoms with Crippen molar-refractivity contribution in [3.05, 3.63) is 64.7 Å². The van der Waals surface area contributed by atoms with Gasteiger partial charge in [0.1, 0.15) is 11.9 Å². The summed E-state index contributed by atoms with van der Waals surface area (Å²) in [6.07, 6.45) is -1.68. The van der Waals surface area contributed by atoms with E-state index in [4.69, 9.17) is 4.79 Å². The predicted molar refractivity (Wildman–Crippen MR) is 112 cm³/mol. The molecule has 0 bridgehead atoms. The molecule has 1 aliphatic heterocycles. The van der Waals surface area contributed by atoms with Crippen LogP contribution in [0.4, 0.5) is 0 Å². The number of aromatic hydroxyl groups is 1. The molecule has 1 saturated heterocycles. The molecule has 0 spiro atoms. The van der Waals surface area contributed by atoms with Gasteiger partial charge in [-0.05, 0) is 30.5 Å². The number of thioether (sulfide) groups is 1. The molecule has 0 aromatic heterocycles. The first-order chi connectivity index (χ1) is 13.8. The molecule has 30 heavy (non-hydrogen) atoms. The largest absolute Gasteiger partial charge is 0.542 e. The van der Waals surface area contributed by atoms with Crippen LogP contribution in [0.25, 0.3) is 0 Å². The summed E-state index contributed by atoms with van der Waals surface area (Å²) in [5, 5.41) is 49.1. The number of phenols is 1. The van der Waals surface area contributed by atoms with Crippen molar-refractivity contribution in [3.63, 3.8) is 0 Å². The minimum Gasteiger partial charge on any atom is -0.542 e. The van der Waals surface area contributed by atoms with Crippen molar-refractivity contribution in [1.82, 2.24) is 0 Å². The van der Waals surface area contributed by atoms with Gasteiger partial charge in [-0.1, -0.05) is 6.07 Å². The molecule has 0 aliphatic carbocycles. The van der Waals surface area contributed by atoms with Crippen LogP contribution in [0.5, 0.6) is 5.75 Å². The molecule has 1 radical (unpaired) electrons. The van der Waals surface area contributed by atoms with Crippen molar-refractivity contribution >= 4 is 18.0 Å². The van der Waals surface area contributed by atoms with Crippen LogP contribution >= 0.6 is 11.8 Å². The molecule has 1 heterocycles. The van der Waals surface area contributed by atoms with Crippen LogP contribution in [0.15, 0.2) is 36.4 Å².